The molecule has 1 aromatic carbocycles. The van der Waals surface area contributed by atoms with Crippen LogP contribution in [-0.2, 0) is 0 Å². The zero-order valence-corrected chi connectivity index (χ0v) is 10.3. The summed E-state index contributed by atoms with van der Waals surface area (Å²) in [4.78, 5) is 0. The molecule has 0 aromatic heterocycles. The largest absolute Gasteiger partial charge is 0.192 e. The number of nitrogens with zero attached hydrogens (tertiary/aromatic N) is 4. The molecule has 0 N–H and O–H groups in total. The third-order valence-corrected chi connectivity index (χ3v) is 2.39. The van der Waals surface area contributed by atoms with Crippen molar-refractivity contribution in [3.8, 4) is 36.6 Å². The number of hydrogen-bond donors (Lipinski definition) is 0. The van der Waals surface area contributed by atoms with Crippen molar-refractivity contribution in [2.75, 3.05) is 0 Å². The highest BCUT2D eigenvalue weighted by Crippen LogP contribution is 2.22. The van der Waals surface area contributed by atoms with E-state index in [-0.39, 0.29) is 16.7 Å². The van der Waals surface area contributed by atoms with E-state index >= 15 is 0 Å². The van der Waals surface area contributed by atoms with Crippen LogP contribution in [0, 0.1) is 57.7 Å². The average molecular weight is 254 g/mol. The molecule has 0 bridgehead atoms. The first-order chi connectivity index (χ1) is 9.69. The van der Waals surface area contributed by atoms with E-state index in [1.54, 1.807) is 48.5 Å². The van der Waals surface area contributed by atoms with Gasteiger partial charge in [0.15, 0.2) is 0 Å². The van der Waals surface area contributed by atoms with Gasteiger partial charge in [0.2, 0.25) is 0 Å². The Hall–Kier alpha value is -3.78. The third kappa shape index (κ3) is 3.12. The summed E-state index contributed by atoms with van der Waals surface area (Å²) in [7, 11) is 0. The standard InChI is InChI=1S/C16H6N4/c1-2-12-3-5-14(6-4-12)16(15(10-19)11-20)7-13(8-17)9-18/h1,3-7H. The van der Waals surface area contributed by atoms with Gasteiger partial charge in [-0.25, -0.2) is 0 Å². The molecule has 0 heterocycles. The van der Waals surface area contributed by atoms with Crippen LogP contribution in [0.5, 0.6) is 0 Å². The Kier molecular flexibility index (Phi) is 4.88. The second-order valence-corrected chi connectivity index (χ2v) is 3.52. The lowest BCUT2D eigenvalue weighted by Gasteiger charge is -2.03. The summed E-state index contributed by atoms with van der Waals surface area (Å²) in [6.45, 7) is 0. The fourth-order valence-corrected chi connectivity index (χ4v) is 1.43. The molecule has 0 saturated heterocycles. The minimum atomic E-state index is -0.191. The average Bonchev–Trinajstić information content (AvgIpc) is 2.51. The van der Waals surface area contributed by atoms with E-state index in [4.69, 9.17) is 27.5 Å². The molecule has 0 aliphatic rings. The van der Waals surface area contributed by atoms with Crippen LogP contribution < -0.4 is 0 Å². The third-order valence-electron chi connectivity index (χ3n) is 2.39. The highest BCUT2D eigenvalue weighted by atomic mass is 14.3. The quantitative estimate of drug-likeness (QED) is 0.460. The van der Waals surface area contributed by atoms with Gasteiger partial charge in [-0.1, -0.05) is 18.1 Å². The Morgan fingerprint density at radius 3 is 1.85 bits per heavy atom. The van der Waals surface area contributed by atoms with Crippen LogP contribution in [-0.4, -0.2) is 0 Å². The molecule has 0 atom stereocenters. The Bertz CT molecular complexity index is 757. The molecule has 0 amide bonds. The summed E-state index contributed by atoms with van der Waals surface area (Å²) < 4.78 is 0. The Balaban J connectivity index is 3.55. The summed E-state index contributed by atoms with van der Waals surface area (Å²) >= 11 is 0. The minimum absolute atomic E-state index is 0.179. The van der Waals surface area contributed by atoms with Gasteiger partial charge in [-0.3, -0.25) is 0 Å². The molecule has 4 nitrogen and oxygen atoms in total. The van der Waals surface area contributed by atoms with Crippen LogP contribution in [0.15, 0.2) is 41.5 Å². The van der Waals surface area contributed by atoms with Gasteiger partial charge in [-0.15, -0.1) is 6.42 Å². The van der Waals surface area contributed by atoms with E-state index < -0.39 is 0 Å². The lowest BCUT2D eigenvalue weighted by Crippen LogP contribution is -1.89. The molecule has 0 unspecified atom stereocenters. The van der Waals surface area contributed by atoms with E-state index in [0.29, 0.717) is 11.1 Å². The molecule has 90 valence electrons. The number of rotatable bonds is 2. The molecular formula is C16H6N4. The van der Waals surface area contributed by atoms with E-state index in [0.717, 1.165) is 0 Å². The van der Waals surface area contributed by atoms with Gasteiger partial charge in [0.05, 0.1) is 0 Å². The number of terminal acetylenes is 1. The van der Waals surface area contributed by atoms with Crippen molar-refractivity contribution < 1.29 is 0 Å². The van der Waals surface area contributed by atoms with Crippen LogP contribution >= 0.6 is 0 Å². The fraction of sp³-hybridized carbons (Fsp3) is 0. The van der Waals surface area contributed by atoms with Crippen molar-refractivity contribution in [1.82, 2.24) is 0 Å². The molecule has 0 radical (unpaired) electrons. The molecule has 4 heteroatoms. The Morgan fingerprint density at radius 2 is 1.45 bits per heavy atom. The van der Waals surface area contributed by atoms with E-state index in [9.17, 15) is 0 Å². The monoisotopic (exact) mass is 254 g/mol. The summed E-state index contributed by atoms with van der Waals surface area (Å²) in [5.41, 5.74) is 1.03. The van der Waals surface area contributed by atoms with Crippen LogP contribution in [0.25, 0.3) is 5.57 Å². The first kappa shape index (κ1) is 14.3. The number of allylic oxidation sites excluding steroid dienone is 4. The van der Waals surface area contributed by atoms with Gasteiger partial charge in [-0.05, 0) is 23.8 Å². The Morgan fingerprint density at radius 1 is 0.900 bits per heavy atom. The lowest BCUT2D eigenvalue weighted by atomic mass is 9.98. The second-order valence-electron chi connectivity index (χ2n) is 3.52. The summed E-state index contributed by atoms with van der Waals surface area (Å²) in [6, 6.07) is 13.4. The normalized spacial score (nSPS) is 7.75. The maximum atomic E-state index is 8.96. The predicted octanol–water partition coefficient (Wildman–Crippen LogP) is 2.44. The maximum Gasteiger partial charge on any atom is 0.137 e. The van der Waals surface area contributed by atoms with Crippen LogP contribution in [0.2, 0.25) is 0 Å². The van der Waals surface area contributed by atoms with E-state index in [1.807, 2.05) is 0 Å². The fourth-order valence-electron chi connectivity index (χ4n) is 1.43. The number of benzene rings is 1. The van der Waals surface area contributed by atoms with Crippen molar-refractivity contribution in [3.63, 3.8) is 0 Å². The molecule has 1 rings (SSSR count). The molecule has 0 aliphatic heterocycles. The van der Waals surface area contributed by atoms with Crippen molar-refractivity contribution in [2.45, 2.75) is 0 Å². The lowest BCUT2D eigenvalue weighted by molar-refractivity contribution is 1.44. The summed E-state index contributed by atoms with van der Waals surface area (Å²) in [6.07, 6.45) is 6.46. The molecule has 1 aromatic rings. The zero-order valence-electron chi connectivity index (χ0n) is 10.3. The van der Waals surface area contributed by atoms with Crippen molar-refractivity contribution >= 4 is 5.57 Å². The van der Waals surface area contributed by atoms with Crippen molar-refractivity contribution in [1.29, 1.82) is 21.0 Å². The van der Waals surface area contributed by atoms with Crippen molar-refractivity contribution in [3.05, 3.63) is 52.6 Å². The van der Waals surface area contributed by atoms with Crippen LogP contribution in [0.1, 0.15) is 11.1 Å². The SMILES string of the molecule is C#Cc1ccc(C(C=C(C#N)C#N)=C(C#N)C#N)cc1. The maximum absolute atomic E-state index is 8.96. The smallest absolute Gasteiger partial charge is 0.137 e. The first-order valence-electron chi connectivity index (χ1n) is 5.33. The molecule has 0 spiro atoms. The van der Waals surface area contributed by atoms with E-state index in [2.05, 4.69) is 5.92 Å². The van der Waals surface area contributed by atoms with Gasteiger partial charge < -0.3 is 0 Å². The van der Waals surface area contributed by atoms with Gasteiger partial charge >= 0.3 is 0 Å². The highest BCUT2D eigenvalue weighted by Gasteiger charge is 2.08. The summed E-state index contributed by atoms with van der Waals surface area (Å²) in [5, 5.41) is 35.5. The predicted molar refractivity (Wildman–Crippen MR) is 71.8 cm³/mol. The molecule has 0 aliphatic carbocycles. The minimum Gasteiger partial charge on any atom is -0.192 e. The zero-order chi connectivity index (χ0) is 15.0. The van der Waals surface area contributed by atoms with Crippen LogP contribution in [0.4, 0.5) is 0 Å². The number of hydrogen-bond acceptors (Lipinski definition) is 4. The first-order valence-corrected chi connectivity index (χ1v) is 5.33. The molecular weight excluding hydrogens is 248 g/mol. The van der Waals surface area contributed by atoms with Gasteiger partial charge in [0.25, 0.3) is 0 Å². The molecule has 20 heavy (non-hydrogen) atoms. The van der Waals surface area contributed by atoms with Gasteiger partial charge in [0.1, 0.15) is 35.4 Å². The van der Waals surface area contributed by atoms with Gasteiger partial charge in [-0.2, -0.15) is 21.0 Å². The summed E-state index contributed by atoms with van der Waals surface area (Å²) in [5.74, 6) is 2.45. The second kappa shape index (κ2) is 6.83. The molecule has 0 saturated carbocycles. The number of nitriles is 4. The van der Waals surface area contributed by atoms with E-state index in [1.165, 1.54) is 6.08 Å². The van der Waals surface area contributed by atoms with Crippen molar-refractivity contribution in [2.24, 2.45) is 0 Å². The van der Waals surface area contributed by atoms with Crippen LogP contribution in [0.3, 0.4) is 0 Å². The Labute approximate surface area is 116 Å². The topological polar surface area (TPSA) is 95.2 Å². The van der Waals surface area contributed by atoms with Gasteiger partial charge in [0, 0.05) is 11.1 Å². The highest BCUT2D eigenvalue weighted by molar-refractivity contribution is 5.83. The molecule has 0 fully saturated rings.